The average Bonchev–Trinajstić information content (AvgIpc) is 2.60. The molecular weight excluding hydrogens is 234 g/mol. The van der Waals surface area contributed by atoms with E-state index in [1.165, 1.54) is 31.4 Å². The van der Waals surface area contributed by atoms with Gasteiger partial charge in [0.1, 0.15) is 0 Å². The summed E-state index contributed by atoms with van der Waals surface area (Å²) in [6.45, 7) is 0.993. The third-order valence-corrected chi connectivity index (χ3v) is 4.16. The first-order valence-electron chi connectivity index (χ1n) is 6.61. The summed E-state index contributed by atoms with van der Waals surface area (Å²) < 4.78 is 1.94. The van der Waals surface area contributed by atoms with E-state index in [0.717, 1.165) is 19.4 Å². The molecule has 2 rings (SSSR count). The highest BCUT2D eigenvalue weighted by molar-refractivity contribution is 6.21. The fraction of sp³-hybridized carbons (Fsp3) is 0.769. The zero-order valence-corrected chi connectivity index (χ0v) is 11.3. The molecule has 0 saturated heterocycles. The van der Waals surface area contributed by atoms with Crippen LogP contribution in [0.3, 0.4) is 0 Å². The van der Waals surface area contributed by atoms with Crippen LogP contribution < -0.4 is 5.32 Å². The predicted octanol–water partition coefficient (Wildman–Crippen LogP) is 2.49. The van der Waals surface area contributed by atoms with Crippen LogP contribution in [0.15, 0.2) is 12.3 Å². The Morgan fingerprint density at radius 3 is 3.00 bits per heavy atom. The molecule has 1 aliphatic carbocycles. The van der Waals surface area contributed by atoms with Crippen LogP contribution >= 0.6 is 11.6 Å². The Hall–Kier alpha value is -0.540. The summed E-state index contributed by atoms with van der Waals surface area (Å²) in [6.07, 6.45) is 9.19. The van der Waals surface area contributed by atoms with E-state index in [1.54, 1.807) is 0 Å². The molecule has 1 fully saturated rings. The molecule has 0 bridgehead atoms. The van der Waals surface area contributed by atoms with Crippen molar-refractivity contribution in [3.05, 3.63) is 18.0 Å². The third-order valence-electron chi connectivity index (χ3n) is 3.64. The predicted molar refractivity (Wildman–Crippen MR) is 71.4 cm³/mol. The van der Waals surface area contributed by atoms with Crippen molar-refractivity contribution < 1.29 is 0 Å². The number of aromatic nitrogens is 2. The van der Waals surface area contributed by atoms with Crippen molar-refractivity contribution in [1.82, 2.24) is 15.1 Å². The Bertz CT molecular complexity index is 337. The zero-order chi connectivity index (χ0) is 12.1. The molecule has 1 aliphatic rings. The molecule has 0 amide bonds. The molecule has 1 aromatic rings. The smallest absolute Gasteiger partial charge is 0.0492 e. The highest BCUT2D eigenvalue weighted by Crippen LogP contribution is 2.22. The summed E-state index contributed by atoms with van der Waals surface area (Å²) in [5, 5.41) is 8.09. The summed E-state index contributed by atoms with van der Waals surface area (Å²) in [7, 11) is 1.99. The molecule has 3 nitrogen and oxygen atoms in total. The maximum atomic E-state index is 6.40. The van der Waals surface area contributed by atoms with Crippen molar-refractivity contribution >= 4 is 11.6 Å². The Balaban J connectivity index is 1.75. The van der Waals surface area contributed by atoms with Crippen LogP contribution in [0.1, 0.15) is 37.8 Å². The number of aryl methyl sites for hydroxylation is 1. The standard InChI is InChI=1S/C13H22ClN3/c1-17-11(8-10-16-17)7-9-15-13-6-4-2-3-5-12(13)14/h8,10,12-13,15H,2-7,9H2,1H3. The van der Waals surface area contributed by atoms with E-state index in [1.807, 2.05) is 17.9 Å². The maximum absolute atomic E-state index is 6.40. The molecule has 1 aromatic heterocycles. The molecule has 0 aromatic carbocycles. The Labute approximate surface area is 109 Å². The number of hydrogen-bond donors (Lipinski definition) is 1. The number of halogens is 1. The Morgan fingerprint density at radius 2 is 2.24 bits per heavy atom. The highest BCUT2D eigenvalue weighted by atomic mass is 35.5. The normalized spacial score (nSPS) is 25.8. The molecule has 4 heteroatoms. The van der Waals surface area contributed by atoms with E-state index in [-0.39, 0.29) is 0 Å². The number of hydrogen-bond acceptors (Lipinski definition) is 2. The van der Waals surface area contributed by atoms with Gasteiger partial charge in [0.05, 0.1) is 0 Å². The molecule has 0 spiro atoms. The first-order valence-corrected chi connectivity index (χ1v) is 7.05. The number of nitrogens with zero attached hydrogens (tertiary/aromatic N) is 2. The number of nitrogens with one attached hydrogen (secondary N) is 1. The van der Waals surface area contributed by atoms with Gasteiger partial charge in [-0.25, -0.2) is 0 Å². The SMILES string of the molecule is Cn1nccc1CCNC1CCCCCC1Cl. The van der Waals surface area contributed by atoms with Gasteiger partial charge in [-0.3, -0.25) is 4.68 Å². The molecule has 0 aliphatic heterocycles. The summed E-state index contributed by atoms with van der Waals surface area (Å²) in [6, 6.07) is 2.57. The van der Waals surface area contributed by atoms with Gasteiger partial charge in [-0.2, -0.15) is 5.10 Å². The molecule has 96 valence electrons. The Kier molecular flexibility index (Phi) is 4.86. The van der Waals surface area contributed by atoms with E-state index in [2.05, 4.69) is 16.5 Å². The van der Waals surface area contributed by atoms with E-state index >= 15 is 0 Å². The fourth-order valence-corrected chi connectivity index (χ4v) is 2.89. The van der Waals surface area contributed by atoms with Gasteiger partial charge in [0.2, 0.25) is 0 Å². The van der Waals surface area contributed by atoms with Crippen molar-refractivity contribution in [3.8, 4) is 0 Å². The van der Waals surface area contributed by atoms with Gasteiger partial charge in [-0.15, -0.1) is 11.6 Å². The van der Waals surface area contributed by atoms with Crippen LogP contribution in [0, 0.1) is 0 Å². The zero-order valence-electron chi connectivity index (χ0n) is 10.5. The first-order chi connectivity index (χ1) is 8.27. The molecule has 1 saturated carbocycles. The molecule has 17 heavy (non-hydrogen) atoms. The summed E-state index contributed by atoms with van der Waals surface area (Å²) >= 11 is 6.40. The van der Waals surface area contributed by atoms with E-state index in [9.17, 15) is 0 Å². The third kappa shape index (κ3) is 3.71. The van der Waals surface area contributed by atoms with Crippen LogP contribution in [0.4, 0.5) is 0 Å². The van der Waals surface area contributed by atoms with Gasteiger partial charge in [-0.05, 0) is 18.9 Å². The Morgan fingerprint density at radius 1 is 1.41 bits per heavy atom. The minimum atomic E-state index is 0.309. The lowest BCUT2D eigenvalue weighted by molar-refractivity contribution is 0.465. The molecule has 1 N–H and O–H groups in total. The van der Waals surface area contributed by atoms with E-state index in [0.29, 0.717) is 11.4 Å². The van der Waals surface area contributed by atoms with Crippen LogP contribution in [0.25, 0.3) is 0 Å². The largest absolute Gasteiger partial charge is 0.312 e. The second-order valence-electron chi connectivity index (χ2n) is 4.91. The summed E-state index contributed by atoms with van der Waals surface area (Å²) in [5.41, 5.74) is 1.28. The maximum Gasteiger partial charge on any atom is 0.0492 e. The van der Waals surface area contributed by atoms with Crippen molar-refractivity contribution in [3.63, 3.8) is 0 Å². The van der Waals surface area contributed by atoms with Crippen LogP contribution in [-0.2, 0) is 13.5 Å². The lowest BCUT2D eigenvalue weighted by Crippen LogP contribution is -2.37. The van der Waals surface area contributed by atoms with Crippen LogP contribution in [-0.4, -0.2) is 27.7 Å². The molecule has 2 unspecified atom stereocenters. The number of alkyl halides is 1. The summed E-state index contributed by atoms with van der Waals surface area (Å²) in [5.74, 6) is 0. The molecule has 2 atom stereocenters. The quantitative estimate of drug-likeness (QED) is 0.662. The summed E-state index contributed by atoms with van der Waals surface area (Å²) in [4.78, 5) is 0. The van der Waals surface area contributed by atoms with Gasteiger partial charge < -0.3 is 5.32 Å². The monoisotopic (exact) mass is 255 g/mol. The first kappa shape index (κ1) is 12.9. The second kappa shape index (κ2) is 6.41. The van der Waals surface area contributed by atoms with Crippen molar-refractivity contribution in [2.45, 2.75) is 49.9 Å². The number of rotatable bonds is 4. The van der Waals surface area contributed by atoms with Gasteiger partial charge in [0.15, 0.2) is 0 Å². The lowest BCUT2D eigenvalue weighted by Gasteiger charge is -2.21. The second-order valence-corrected chi connectivity index (χ2v) is 5.47. The molecular formula is C13H22ClN3. The van der Waals surface area contributed by atoms with E-state index < -0.39 is 0 Å². The minimum absolute atomic E-state index is 0.309. The fourth-order valence-electron chi connectivity index (χ4n) is 2.52. The van der Waals surface area contributed by atoms with Crippen molar-refractivity contribution in [2.75, 3.05) is 6.54 Å². The van der Waals surface area contributed by atoms with E-state index in [4.69, 9.17) is 11.6 Å². The van der Waals surface area contributed by atoms with Crippen LogP contribution in [0.2, 0.25) is 0 Å². The van der Waals surface area contributed by atoms with Gasteiger partial charge in [-0.1, -0.05) is 19.3 Å². The highest BCUT2D eigenvalue weighted by Gasteiger charge is 2.20. The minimum Gasteiger partial charge on any atom is -0.312 e. The average molecular weight is 256 g/mol. The van der Waals surface area contributed by atoms with Crippen molar-refractivity contribution in [1.29, 1.82) is 0 Å². The molecule has 0 radical (unpaired) electrons. The topological polar surface area (TPSA) is 29.9 Å². The van der Waals surface area contributed by atoms with Gasteiger partial charge in [0, 0.05) is 43.3 Å². The molecule has 1 heterocycles. The van der Waals surface area contributed by atoms with Crippen molar-refractivity contribution in [2.24, 2.45) is 7.05 Å². The lowest BCUT2D eigenvalue weighted by atomic mass is 10.1. The van der Waals surface area contributed by atoms with Gasteiger partial charge in [0.25, 0.3) is 0 Å². The van der Waals surface area contributed by atoms with Gasteiger partial charge >= 0.3 is 0 Å². The van der Waals surface area contributed by atoms with Crippen LogP contribution in [0.5, 0.6) is 0 Å².